The number of rotatable bonds is 6. The number of hydrogen-bond donors (Lipinski definition) is 1. The molecule has 0 spiro atoms. The number of Topliss-reactive ketones (excluding diaryl/α,β-unsaturated/α-hetero) is 1. The number of carbonyl (C=O) groups is 2. The number of ketones is 1. The zero-order valence-electron chi connectivity index (χ0n) is 15.7. The second kappa shape index (κ2) is 8.03. The van der Waals surface area contributed by atoms with Gasteiger partial charge in [0.1, 0.15) is 5.78 Å². The van der Waals surface area contributed by atoms with E-state index in [0.29, 0.717) is 18.5 Å². The Morgan fingerprint density at radius 1 is 1.00 bits per heavy atom. The fourth-order valence-electron chi connectivity index (χ4n) is 3.74. The van der Waals surface area contributed by atoms with Crippen LogP contribution in [0.25, 0.3) is 11.1 Å². The van der Waals surface area contributed by atoms with E-state index in [1.807, 2.05) is 66.9 Å². The minimum absolute atomic E-state index is 0.0834. The van der Waals surface area contributed by atoms with Crippen molar-refractivity contribution in [1.29, 1.82) is 0 Å². The molecule has 3 nitrogen and oxygen atoms in total. The average molecular weight is 388 g/mol. The van der Waals surface area contributed by atoms with Crippen molar-refractivity contribution in [2.24, 2.45) is 0 Å². The fraction of sp³-hybridized carbons (Fsp3) is 0.167. The average Bonchev–Trinajstić information content (AvgIpc) is 3.11. The van der Waals surface area contributed by atoms with Gasteiger partial charge in [-0.25, -0.2) is 0 Å². The summed E-state index contributed by atoms with van der Waals surface area (Å²) < 4.78 is 0. The molecule has 4 heteroatoms. The Bertz CT molecular complexity index is 1040. The molecular weight excluding hydrogens is 366 g/mol. The van der Waals surface area contributed by atoms with Gasteiger partial charge < -0.3 is 5.32 Å². The molecule has 28 heavy (non-hydrogen) atoms. The molecule has 1 aliphatic heterocycles. The summed E-state index contributed by atoms with van der Waals surface area (Å²) in [4.78, 5) is 26.3. The van der Waals surface area contributed by atoms with Gasteiger partial charge in [0, 0.05) is 29.8 Å². The predicted molar refractivity (Wildman–Crippen MR) is 114 cm³/mol. The second-order valence-electron chi connectivity index (χ2n) is 6.92. The van der Waals surface area contributed by atoms with E-state index < -0.39 is 0 Å². The molecular formula is C24H21NO2S. The summed E-state index contributed by atoms with van der Waals surface area (Å²) >= 11 is 1.67. The van der Waals surface area contributed by atoms with Crippen LogP contribution < -0.4 is 5.32 Å². The first-order valence-corrected chi connectivity index (χ1v) is 10.5. The first-order chi connectivity index (χ1) is 13.7. The van der Waals surface area contributed by atoms with Crippen molar-refractivity contribution in [3.8, 4) is 11.1 Å². The Morgan fingerprint density at radius 3 is 2.61 bits per heavy atom. The zero-order chi connectivity index (χ0) is 19.5. The van der Waals surface area contributed by atoms with Crippen LogP contribution in [0.4, 0.5) is 0 Å². The van der Waals surface area contributed by atoms with Crippen LogP contribution in [0.5, 0.6) is 0 Å². The summed E-state index contributed by atoms with van der Waals surface area (Å²) in [6.07, 6.45) is 2.68. The number of thioether (sulfide) groups is 1. The zero-order valence-corrected chi connectivity index (χ0v) is 16.5. The molecule has 0 bridgehead atoms. The van der Waals surface area contributed by atoms with E-state index in [0.717, 1.165) is 32.7 Å². The van der Waals surface area contributed by atoms with Crippen LogP contribution in [0.1, 0.15) is 27.0 Å². The minimum Gasteiger partial charge on any atom is -0.348 e. The standard InChI is InChI=1S/C24H21NO2S/c1-28-20-9-5-6-16(13-20)12-19(26)14-18-10-11-21(17-7-3-2-4-8-17)22-15-25-24(27)23(18)22/h2-11,13H,12,14-15H2,1H3,(H,25,27). The molecule has 0 atom stereocenters. The maximum atomic E-state index is 12.7. The molecule has 3 aromatic rings. The molecule has 4 rings (SSSR count). The van der Waals surface area contributed by atoms with Gasteiger partial charge in [-0.3, -0.25) is 9.59 Å². The lowest BCUT2D eigenvalue weighted by atomic mass is 9.91. The van der Waals surface area contributed by atoms with Gasteiger partial charge in [-0.05, 0) is 46.2 Å². The van der Waals surface area contributed by atoms with E-state index >= 15 is 0 Å². The lowest BCUT2D eigenvalue weighted by Crippen LogP contribution is -2.15. The van der Waals surface area contributed by atoms with Gasteiger partial charge in [0.05, 0.1) is 0 Å². The van der Waals surface area contributed by atoms with Gasteiger partial charge in [0.25, 0.3) is 5.91 Å². The third-order valence-corrected chi connectivity index (χ3v) is 5.79. The summed E-state index contributed by atoms with van der Waals surface area (Å²) in [5.41, 5.74) is 5.63. The van der Waals surface area contributed by atoms with Crippen molar-refractivity contribution in [2.75, 3.05) is 6.26 Å². The van der Waals surface area contributed by atoms with Crippen molar-refractivity contribution in [2.45, 2.75) is 24.3 Å². The highest BCUT2D eigenvalue weighted by Crippen LogP contribution is 2.32. The van der Waals surface area contributed by atoms with Crippen LogP contribution >= 0.6 is 11.8 Å². The number of hydrogen-bond acceptors (Lipinski definition) is 3. The molecule has 1 amide bonds. The molecule has 1 N–H and O–H groups in total. The van der Waals surface area contributed by atoms with Crippen LogP contribution in [-0.4, -0.2) is 17.9 Å². The maximum absolute atomic E-state index is 12.7. The van der Waals surface area contributed by atoms with E-state index in [9.17, 15) is 9.59 Å². The fourth-order valence-corrected chi connectivity index (χ4v) is 4.22. The summed E-state index contributed by atoms with van der Waals surface area (Å²) in [7, 11) is 0. The summed E-state index contributed by atoms with van der Waals surface area (Å²) in [6.45, 7) is 0.510. The van der Waals surface area contributed by atoms with Gasteiger partial charge in [-0.1, -0.05) is 54.6 Å². The number of benzene rings is 3. The molecule has 0 aromatic heterocycles. The first kappa shape index (κ1) is 18.5. The summed E-state index contributed by atoms with van der Waals surface area (Å²) in [6, 6.07) is 22.1. The van der Waals surface area contributed by atoms with Crippen LogP contribution in [0.3, 0.4) is 0 Å². The monoisotopic (exact) mass is 387 g/mol. The third kappa shape index (κ3) is 3.73. The Balaban J connectivity index is 1.61. The number of fused-ring (bicyclic) bond motifs is 1. The number of carbonyl (C=O) groups excluding carboxylic acids is 2. The van der Waals surface area contributed by atoms with Gasteiger partial charge in [0.2, 0.25) is 0 Å². The maximum Gasteiger partial charge on any atom is 0.252 e. The molecule has 0 fully saturated rings. The summed E-state index contributed by atoms with van der Waals surface area (Å²) in [5.74, 6) is 0.0348. The molecule has 1 aliphatic rings. The van der Waals surface area contributed by atoms with E-state index in [2.05, 4.69) is 11.4 Å². The second-order valence-corrected chi connectivity index (χ2v) is 7.80. The van der Waals surface area contributed by atoms with E-state index in [1.54, 1.807) is 11.8 Å². The van der Waals surface area contributed by atoms with Crippen molar-refractivity contribution < 1.29 is 9.59 Å². The molecule has 140 valence electrons. The lowest BCUT2D eigenvalue weighted by Gasteiger charge is -2.12. The van der Waals surface area contributed by atoms with E-state index in [4.69, 9.17) is 0 Å². The van der Waals surface area contributed by atoms with Gasteiger partial charge in [-0.15, -0.1) is 11.8 Å². The predicted octanol–water partition coefficient (Wildman–Crippen LogP) is 4.67. The largest absolute Gasteiger partial charge is 0.348 e. The Hall–Kier alpha value is -2.85. The summed E-state index contributed by atoms with van der Waals surface area (Å²) in [5, 5.41) is 2.92. The molecule has 0 radical (unpaired) electrons. The Kier molecular flexibility index (Phi) is 5.31. The molecule has 0 aliphatic carbocycles. The van der Waals surface area contributed by atoms with E-state index in [-0.39, 0.29) is 18.1 Å². The van der Waals surface area contributed by atoms with Gasteiger partial charge in [-0.2, -0.15) is 0 Å². The van der Waals surface area contributed by atoms with Crippen LogP contribution in [0, 0.1) is 0 Å². The molecule has 0 unspecified atom stereocenters. The van der Waals surface area contributed by atoms with Gasteiger partial charge >= 0.3 is 0 Å². The van der Waals surface area contributed by atoms with Crippen LogP contribution in [-0.2, 0) is 24.2 Å². The van der Waals surface area contributed by atoms with Gasteiger partial charge in [0.15, 0.2) is 0 Å². The quantitative estimate of drug-likeness (QED) is 0.625. The lowest BCUT2D eigenvalue weighted by molar-refractivity contribution is -0.117. The van der Waals surface area contributed by atoms with Crippen molar-refractivity contribution >= 4 is 23.5 Å². The minimum atomic E-state index is -0.0834. The topological polar surface area (TPSA) is 46.2 Å². The molecule has 0 saturated carbocycles. The van der Waals surface area contributed by atoms with Crippen molar-refractivity contribution in [1.82, 2.24) is 5.32 Å². The smallest absolute Gasteiger partial charge is 0.252 e. The molecule has 1 heterocycles. The highest BCUT2D eigenvalue weighted by atomic mass is 32.2. The molecule has 0 saturated heterocycles. The number of amides is 1. The SMILES string of the molecule is CSc1cccc(CC(=O)Cc2ccc(-c3ccccc3)c3c2C(=O)NC3)c1. The van der Waals surface area contributed by atoms with Crippen molar-refractivity contribution in [3.05, 3.63) is 89.0 Å². The van der Waals surface area contributed by atoms with E-state index in [1.165, 1.54) is 0 Å². The van der Waals surface area contributed by atoms with Crippen LogP contribution in [0.2, 0.25) is 0 Å². The highest BCUT2D eigenvalue weighted by molar-refractivity contribution is 7.98. The third-order valence-electron chi connectivity index (χ3n) is 5.06. The Labute approximate surface area is 169 Å². The normalized spacial score (nSPS) is 12.5. The highest BCUT2D eigenvalue weighted by Gasteiger charge is 2.26. The first-order valence-electron chi connectivity index (χ1n) is 9.28. The van der Waals surface area contributed by atoms with Crippen LogP contribution in [0.15, 0.2) is 71.6 Å². The molecule has 3 aromatic carbocycles. The Morgan fingerprint density at radius 2 is 1.82 bits per heavy atom. The van der Waals surface area contributed by atoms with Crippen molar-refractivity contribution in [3.63, 3.8) is 0 Å². The number of nitrogens with one attached hydrogen (secondary N) is 1.